The Morgan fingerprint density at radius 1 is 1.44 bits per heavy atom. The number of carbonyl (C=O) groups is 1. The van der Waals surface area contributed by atoms with Crippen molar-refractivity contribution in [1.29, 1.82) is 0 Å². The third kappa shape index (κ3) is 4.77. The summed E-state index contributed by atoms with van der Waals surface area (Å²) >= 11 is 6.00. The molecule has 0 bridgehead atoms. The van der Waals surface area contributed by atoms with Crippen LogP contribution in [0.15, 0.2) is 24.3 Å². The Morgan fingerprint density at radius 2 is 2.17 bits per heavy atom. The molecule has 18 heavy (non-hydrogen) atoms. The maximum atomic E-state index is 11.8. The van der Waals surface area contributed by atoms with Gasteiger partial charge in [-0.15, -0.1) is 0 Å². The predicted molar refractivity (Wildman–Crippen MR) is 73.9 cm³/mol. The predicted octanol–water partition coefficient (Wildman–Crippen LogP) is 2.81. The molecule has 0 aliphatic carbocycles. The molecule has 0 radical (unpaired) electrons. The average molecular weight is 270 g/mol. The van der Waals surface area contributed by atoms with Crippen molar-refractivity contribution in [2.75, 3.05) is 13.7 Å². The highest BCUT2D eigenvalue weighted by Crippen LogP contribution is 2.15. The number of hydrogen-bond acceptors (Lipinski definition) is 3. The lowest BCUT2D eigenvalue weighted by Crippen LogP contribution is -2.36. The van der Waals surface area contributed by atoms with Crippen molar-refractivity contribution in [3.63, 3.8) is 0 Å². The summed E-state index contributed by atoms with van der Waals surface area (Å²) in [6, 6.07) is 7.38. The summed E-state index contributed by atoms with van der Waals surface area (Å²) < 4.78 is 5.42. The fourth-order valence-electron chi connectivity index (χ4n) is 1.73. The van der Waals surface area contributed by atoms with Gasteiger partial charge in [-0.25, -0.2) is 0 Å². The summed E-state index contributed by atoms with van der Waals surface area (Å²) in [5.41, 5.74) is 0.906. The third-order valence-electron chi connectivity index (χ3n) is 2.77. The van der Waals surface area contributed by atoms with E-state index in [0.717, 1.165) is 18.4 Å². The smallest absolute Gasteiger partial charge is 0.175 e. The molecule has 0 amide bonds. The minimum Gasteiger partial charge on any atom is -0.369 e. The van der Waals surface area contributed by atoms with E-state index in [-0.39, 0.29) is 18.4 Å². The Morgan fingerprint density at radius 3 is 2.78 bits per heavy atom. The van der Waals surface area contributed by atoms with Crippen molar-refractivity contribution in [3.8, 4) is 0 Å². The molecule has 0 heterocycles. The molecular weight excluding hydrogens is 250 g/mol. The molecule has 1 aromatic carbocycles. The molecule has 0 saturated heterocycles. The van der Waals surface area contributed by atoms with Gasteiger partial charge in [-0.3, -0.25) is 4.79 Å². The number of Topliss-reactive ketones (excluding diaryl/α,β-unsaturated/α-hetero) is 1. The number of ketones is 1. The lowest BCUT2D eigenvalue weighted by molar-refractivity contribution is -0.126. The van der Waals surface area contributed by atoms with E-state index < -0.39 is 0 Å². The van der Waals surface area contributed by atoms with Gasteiger partial charge in [0.25, 0.3) is 0 Å². The molecule has 4 heteroatoms. The van der Waals surface area contributed by atoms with E-state index >= 15 is 0 Å². The highest BCUT2D eigenvalue weighted by molar-refractivity contribution is 6.31. The normalized spacial score (nSPS) is 12.4. The number of hydrogen-bond donors (Lipinski definition) is 1. The zero-order chi connectivity index (χ0) is 13.4. The SMILES string of the molecule is CCCC(NC)C(=O)COCc1ccccc1Cl. The van der Waals surface area contributed by atoms with E-state index in [4.69, 9.17) is 16.3 Å². The second-order valence-electron chi connectivity index (χ2n) is 4.18. The minimum absolute atomic E-state index is 0.0893. The van der Waals surface area contributed by atoms with Crippen molar-refractivity contribution in [2.45, 2.75) is 32.4 Å². The first kappa shape index (κ1) is 15.2. The number of halogens is 1. The molecule has 3 nitrogen and oxygen atoms in total. The van der Waals surface area contributed by atoms with Crippen LogP contribution in [0, 0.1) is 0 Å². The summed E-state index contributed by atoms with van der Waals surface area (Å²) in [6.07, 6.45) is 1.81. The van der Waals surface area contributed by atoms with E-state index in [0.29, 0.717) is 11.6 Å². The monoisotopic (exact) mass is 269 g/mol. The van der Waals surface area contributed by atoms with Gasteiger partial charge < -0.3 is 10.1 Å². The molecule has 0 spiro atoms. The largest absolute Gasteiger partial charge is 0.369 e. The molecule has 1 unspecified atom stereocenters. The van der Waals surface area contributed by atoms with Crippen molar-refractivity contribution in [3.05, 3.63) is 34.9 Å². The molecule has 0 aromatic heterocycles. The van der Waals surface area contributed by atoms with Crippen LogP contribution >= 0.6 is 11.6 Å². The molecular formula is C14H20ClNO2. The maximum absolute atomic E-state index is 11.8. The van der Waals surface area contributed by atoms with Gasteiger partial charge in [0.15, 0.2) is 5.78 Å². The van der Waals surface area contributed by atoms with E-state index in [9.17, 15) is 4.79 Å². The number of rotatable bonds is 8. The third-order valence-corrected chi connectivity index (χ3v) is 3.14. The highest BCUT2D eigenvalue weighted by atomic mass is 35.5. The number of benzene rings is 1. The summed E-state index contributed by atoms with van der Waals surface area (Å²) in [6.45, 7) is 2.55. The molecule has 0 aliphatic rings. The lowest BCUT2D eigenvalue weighted by Gasteiger charge is -2.14. The summed E-state index contributed by atoms with van der Waals surface area (Å²) in [7, 11) is 1.80. The maximum Gasteiger partial charge on any atom is 0.175 e. The number of carbonyl (C=O) groups excluding carboxylic acids is 1. The van der Waals surface area contributed by atoms with Crippen LogP contribution in [0.25, 0.3) is 0 Å². The highest BCUT2D eigenvalue weighted by Gasteiger charge is 2.15. The van der Waals surface area contributed by atoms with E-state index in [1.165, 1.54) is 0 Å². The number of ether oxygens (including phenoxy) is 1. The second-order valence-corrected chi connectivity index (χ2v) is 4.59. The van der Waals surface area contributed by atoms with Crippen molar-refractivity contribution in [1.82, 2.24) is 5.32 Å². The molecule has 1 aromatic rings. The Kier molecular flexibility index (Phi) is 6.94. The van der Waals surface area contributed by atoms with Crippen LogP contribution in [0.4, 0.5) is 0 Å². The molecule has 100 valence electrons. The molecule has 1 rings (SSSR count). The van der Waals surface area contributed by atoms with Crippen LogP contribution in [-0.2, 0) is 16.1 Å². The standard InChI is InChI=1S/C14H20ClNO2/c1-3-6-13(16-2)14(17)10-18-9-11-7-4-5-8-12(11)15/h4-5,7-8,13,16H,3,6,9-10H2,1-2H3. The summed E-state index contributed by atoms with van der Waals surface area (Å²) in [5.74, 6) is 0.0893. The van der Waals surface area contributed by atoms with Gasteiger partial charge in [-0.05, 0) is 25.1 Å². The van der Waals surface area contributed by atoms with Gasteiger partial charge in [-0.1, -0.05) is 43.1 Å². The van der Waals surface area contributed by atoms with Gasteiger partial charge in [0.2, 0.25) is 0 Å². The fraction of sp³-hybridized carbons (Fsp3) is 0.500. The van der Waals surface area contributed by atoms with Crippen LogP contribution in [0.2, 0.25) is 5.02 Å². The molecule has 1 atom stereocenters. The van der Waals surface area contributed by atoms with Gasteiger partial charge in [0, 0.05) is 5.02 Å². The first-order chi connectivity index (χ1) is 8.69. The average Bonchev–Trinajstić information content (AvgIpc) is 2.38. The van der Waals surface area contributed by atoms with Crippen LogP contribution in [0.5, 0.6) is 0 Å². The number of nitrogens with one attached hydrogen (secondary N) is 1. The topological polar surface area (TPSA) is 38.3 Å². The molecule has 0 fully saturated rings. The van der Waals surface area contributed by atoms with Crippen LogP contribution in [0.3, 0.4) is 0 Å². The van der Waals surface area contributed by atoms with Crippen LogP contribution < -0.4 is 5.32 Å². The Hall–Kier alpha value is -0.900. The second kappa shape index (κ2) is 8.25. The molecule has 0 aliphatic heterocycles. The van der Waals surface area contributed by atoms with Gasteiger partial charge >= 0.3 is 0 Å². The van der Waals surface area contributed by atoms with Gasteiger partial charge in [0.05, 0.1) is 12.6 Å². The molecule has 1 N–H and O–H groups in total. The first-order valence-electron chi connectivity index (χ1n) is 6.20. The zero-order valence-corrected chi connectivity index (χ0v) is 11.7. The van der Waals surface area contributed by atoms with E-state index in [1.807, 2.05) is 24.3 Å². The van der Waals surface area contributed by atoms with Crippen molar-refractivity contribution in [2.24, 2.45) is 0 Å². The lowest BCUT2D eigenvalue weighted by atomic mass is 10.1. The quantitative estimate of drug-likeness (QED) is 0.789. The molecule has 0 saturated carbocycles. The van der Waals surface area contributed by atoms with Crippen LogP contribution in [0.1, 0.15) is 25.3 Å². The summed E-state index contributed by atoms with van der Waals surface area (Å²) in [4.78, 5) is 11.8. The van der Waals surface area contributed by atoms with Gasteiger partial charge in [-0.2, -0.15) is 0 Å². The Bertz CT molecular complexity index is 382. The van der Waals surface area contributed by atoms with Crippen LogP contribution in [-0.4, -0.2) is 25.5 Å². The first-order valence-corrected chi connectivity index (χ1v) is 6.58. The van der Waals surface area contributed by atoms with E-state index in [1.54, 1.807) is 7.05 Å². The minimum atomic E-state index is -0.110. The Labute approximate surface area is 113 Å². The number of likely N-dealkylation sites (N-methyl/N-ethyl adjacent to an activating group) is 1. The fourth-order valence-corrected chi connectivity index (χ4v) is 1.92. The summed E-state index contributed by atoms with van der Waals surface area (Å²) in [5, 5.41) is 3.68. The zero-order valence-electron chi connectivity index (χ0n) is 10.9. The Balaban J connectivity index is 2.37. The van der Waals surface area contributed by atoms with Gasteiger partial charge in [0.1, 0.15) is 6.61 Å². The van der Waals surface area contributed by atoms with Crippen molar-refractivity contribution < 1.29 is 9.53 Å². The van der Waals surface area contributed by atoms with Crippen molar-refractivity contribution >= 4 is 17.4 Å². The van der Waals surface area contributed by atoms with E-state index in [2.05, 4.69) is 12.2 Å².